The normalized spacial score (nSPS) is 11.4. The van der Waals surface area contributed by atoms with Crippen molar-refractivity contribution in [1.82, 2.24) is 0 Å². The fourth-order valence-electron chi connectivity index (χ4n) is 2.50. The van der Waals surface area contributed by atoms with Crippen molar-refractivity contribution < 1.29 is 13.6 Å². The summed E-state index contributed by atoms with van der Waals surface area (Å²) in [7, 11) is 0. The van der Waals surface area contributed by atoms with Crippen LogP contribution in [0.25, 0.3) is 32.9 Å². The molecule has 2 heterocycles. The summed E-state index contributed by atoms with van der Waals surface area (Å²) in [6.07, 6.45) is 0.660. The summed E-state index contributed by atoms with van der Waals surface area (Å²) in [5.74, 6) is 0. The third kappa shape index (κ3) is 1.42. The van der Waals surface area contributed by atoms with Crippen molar-refractivity contribution in [2.24, 2.45) is 0 Å². The Morgan fingerprint density at radius 1 is 0.800 bits per heavy atom. The lowest BCUT2D eigenvalue weighted by molar-refractivity contribution is 0.112. The van der Waals surface area contributed by atoms with E-state index in [9.17, 15) is 9.59 Å². The molecule has 4 nitrogen and oxygen atoms in total. The van der Waals surface area contributed by atoms with Gasteiger partial charge < -0.3 is 8.83 Å². The largest absolute Gasteiger partial charge is 0.456 e. The molecule has 0 bridgehead atoms. The van der Waals surface area contributed by atoms with E-state index in [0.717, 1.165) is 16.4 Å². The average Bonchev–Trinajstić information content (AvgIpc) is 2.81. The van der Waals surface area contributed by atoms with E-state index < -0.39 is 5.63 Å². The van der Waals surface area contributed by atoms with Gasteiger partial charge in [-0.3, -0.25) is 4.79 Å². The van der Waals surface area contributed by atoms with Crippen LogP contribution in [-0.2, 0) is 0 Å². The number of carbonyl (C=O) groups is 1. The van der Waals surface area contributed by atoms with Crippen LogP contribution in [0.5, 0.6) is 0 Å². The monoisotopic (exact) mass is 264 g/mol. The molecule has 2 aromatic heterocycles. The Kier molecular flexibility index (Phi) is 2.09. The molecular weight excluding hydrogens is 256 g/mol. The van der Waals surface area contributed by atoms with Crippen LogP contribution in [0.4, 0.5) is 0 Å². The van der Waals surface area contributed by atoms with Gasteiger partial charge in [-0.1, -0.05) is 18.2 Å². The van der Waals surface area contributed by atoms with E-state index in [1.165, 1.54) is 6.07 Å². The van der Waals surface area contributed by atoms with Gasteiger partial charge in [0.2, 0.25) is 0 Å². The molecule has 4 aromatic rings. The van der Waals surface area contributed by atoms with Gasteiger partial charge >= 0.3 is 5.63 Å². The quantitative estimate of drug-likeness (QED) is 0.390. The third-order valence-corrected chi connectivity index (χ3v) is 3.40. The van der Waals surface area contributed by atoms with Crippen LogP contribution < -0.4 is 5.63 Å². The molecule has 96 valence electrons. The first-order valence-electron chi connectivity index (χ1n) is 6.10. The van der Waals surface area contributed by atoms with Crippen LogP contribution in [0.3, 0.4) is 0 Å². The number of para-hydroxylation sites is 1. The molecule has 0 aliphatic carbocycles. The van der Waals surface area contributed by atoms with Gasteiger partial charge in [-0.25, -0.2) is 4.79 Å². The van der Waals surface area contributed by atoms with E-state index in [2.05, 4.69) is 0 Å². The lowest BCUT2D eigenvalue weighted by Crippen LogP contribution is -1.99. The summed E-state index contributed by atoms with van der Waals surface area (Å²) in [4.78, 5) is 22.5. The van der Waals surface area contributed by atoms with Crippen molar-refractivity contribution >= 4 is 39.2 Å². The average molecular weight is 264 g/mol. The Bertz CT molecular complexity index is 1040. The van der Waals surface area contributed by atoms with Crippen LogP contribution >= 0.6 is 0 Å². The highest BCUT2D eigenvalue weighted by molar-refractivity contribution is 6.11. The van der Waals surface area contributed by atoms with Crippen molar-refractivity contribution in [3.8, 4) is 0 Å². The minimum Gasteiger partial charge on any atom is -0.456 e. The molecule has 0 atom stereocenters. The summed E-state index contributed by atoms with van der Waals surface area (Å²) in [6.45, 7) is 0. The second-order valence-corrected chi connectivity index (χ2v) is 4.58. The maximum absolute atomic E-state index is 11.4. The fourth-order valence-corrected chi connectivity index (χ4v) is 2.50. The van der Waals surface area contributed by atoms with Crippen LogP contribution in [0.1, 0.15) is 10.4 Å². The van der Waals surface area contributed by atoms with Crippen LogP contribution in [-0.4, -0.2) is 6.29 Å². The van der Waals surface area contributed by atoms with Gasteiger partial charge in [-0.15, -0.1) is 0 Å². The smallest absolute Gasteiger partial charge is 0.336 e. The van der Waals surface area contributed by atoms with E-state index >= 15 is 0 Å². The first-order chi connectivity index (χ1) is 9.76. The van der Waals surface area contributed by atoms with Crippen LogP contribution in [0.15, 0.2) is 56.1 Å². The standard InChI is InChI=1S/C16H8O4/c17-8-9-5-16(18)20-14-7-15-12(6-11(9)14)10-3-1-2-4-13(10)19-15/h1-8H. The summed E-state index contributed by atoms with van der Waals surface area (Å²) < 4.78 is 10.9. The van der Waals surface area contributed by atoms with Gasteiger partial charge in [0.1, 0.15) is 16.7 Å². The molecule has 0 radical (unpaired) electrons. The molecule has 20 heavy (non-hydrogen) atoms. The molecule has 0 N–H and O–H groups in total. The van der Waals surface area contributed by atoms with Crippen LogP contribution in [0.2, 0.25) is 0 Å². The number of hydrogen-bond donors (Lipinski definition) is 0. The first-order valence-corrected chi connectivity index (χ1v) is 6.10. The molecule has 4 rings (SSSR count). The number of rotatable bonds is 1. The molecule has 0 aliphatic rings. The number of fused-ring (bicyclic) bond motifs is 4. The third-order valence-electron chi connectivity index (χ3n) is 3.40. The van der Waals surface area contributed by atoms with Crippen molar-refractivity contribution in [3.63, 3.8) is 0 Å². The zero-order valence-electron chi connectivity index (χ0n) is 10.3. The Morgan fingerprint density at radius 3 is 2.45 bits per heavy atom. The topological polar surface area (TPSA) is 60.4 Å². The Hall–Kier alpha value is -2.88. The highest BCUT2D eigenvalue weighted by Crippen LogP contribution is 2.32. The minimum absolute atomic E-state index is 0.323. The van der Waals surface area contributed by atoms with E-state index in [1.54, 1.807) is 6.07 Å². The van der Waals surface area contributed by atoms with Gasteiger partial charge in [0.05, 0.1) is 0 Å². The predicted molar refractivity (Wildman–Crippen MR) is 75.1 cm³/mol. The van der Waals surface area contributed by atoms with Gasteiger partial charge in [0, 0.05) is 33.9 Å². The van der Waals surface area contributed by atoms with E-state index in [4.69, 9.17) is 8.83 Å². The SMILES string of the molecule is O=Cc1cc(=O)oc2cc3oc4ccccc4c3cc12. The minimum atomic E-state index is -0.546. The number of aldehydes is 1. The summed E-state index contributed by atoms with van der Waals surface area (Å²) in [5, 5.41) is 2.47. The fraction of sp³-hybridized carbons (Fsp3) is 0. The lowest BCUT2D eigenvalue weighted by atomic mass is 10.1. The molecule has 0 amide bonds. The summed E-state index contributed by atoms with van der Waals surface area (Å²) in [6, 6.07) is 12.3. The van der Waals surface area contributed by atoms with E-state index in [1.807, 2.05) is 30.3 Å². The van der Waals surface area contributed by atoms with E-state index in [-0.39, 0.29) is 0 Å². The molecule has 2 aromatic carbocycles. The second-order valence-electron chi connectivity index (χ2n) is 4.58. The van der Waals surface area contributed by atoms with Crippen molar-refractivity contribution in [2.45, 2.75) is 0 Å². The highest BCUT2D eigenvalue weighted by atomic mass is 16.4. The van der Waals surface area contributed by atoms with Gasteiger partial charge in [0.15, 0.2) is 6.29 Å². The Morgan fingerprint density at radius 2 is 1.60 bits per heavy atom. The Labute approximate surface area is 112 Å². The number of carbonyl (C=O) groups excluding carboxylic acids is 1. The van der Waals surface area contributed by atoms with Gasteiger partial charge in [0.25, 0.3) is 0 Å². The molecule has 0 unspecified atom stereocenters. The summed E-state index contributed by atoms with van der Waals surface area (Å²) >= 11 is 0. The molecular formula is C16H8O4. The molecule has 0 spiro atoms. The van der Waals surface area contributed by atoms with Crippen LogP contribution in [0, 0.1) is 0 Å². The molecule has 4 heteroatoms. The maximum Gasteiger partial charge on any atom is 0.336 e. The lowest BCUT2D eigenvalue weighted by Gasteiger charge is -1.99. The number of hydrogen-bond acceptors (Lipinski definition) is 4. The zero-order valence-corrected chi connectivity index (χ0v) is 10.3. The van der Waals surface area contributed by atoms with E-state index in [0.29, 0.717) is 28.4 Å². The molecule has 0 fully saturated rings. The highest BCUT2D eigenvalue weighted by Gasteiger charge is 2.11. The number of furan rings is 1. The summed E-state index contributed by atoms with van der Waals surface area (Å²) in [5.41, 5.74) is 1.52. The van der Waals surface area contributed by atoms with Crippen molar-refractivity contribution in [2.75, 3.05) is 0 Å². The van der Waals surface area contributed by atoms with Gasteiger partial charge in [-0.05, 0) is 12.1 Å². The van der Waals surface area contributed by atoms with Crippen molar-refractivity contribution in [1.29, 1.82) is 0 Å². The second kappa shape index (κ2) is 3.81. The molecule has 0 aliphatic heterocycles. The maximum atomic E-state index is 11.4. The predicted octanol–water partition coefficient (Wildman–Crippen LogP) is 3.50. The van der Waals surface area contributed by atoms with Gasteiger partial charge in [-0.2, -0.15) is 0 Å². The molecule has 0 saturated carbocycles. The number of benzene rings is 2. The Balaban J connectivity index is 2.27. The zero-order chi connectivity index (χ0) is 13.7. The first kappa shape index (κ1) is 11.0. The van der Waals surface area contributed by atoms with Crippen molar-refractivity contribution in [3.05, 3.63) is 58.4 Å². The molecule has 0 saturated heterocycles.